The van der Waals surface area contributed by atoms with Crippen LogP contribution in [-0.2, 0) is 13.2 Å². The largest absolute Gasteiger partial charge is 0.416 e. The fourth-order valence-electron chi connectivity index (χ4n) is 2.54. The van der Waals surface area contributed by atoms with Crippen LogP contribution in [0.2, 0.25) is 0 Å². The maximum atomic E-state index is 13.3. The summed E-state index contributed by atoms with van der Waals surface area (Å²) >= 11 is 2.11. The highest BCUT2D eigenvalue weighted by molar-refractivity contribution is 14.1. The molecule has 0 aliphatic rings. The van der Waals surface area contributed by atoms with E-state index in [9.17, 15) is 18.0 Å². The molecule has 0 spiro atoms. The quantitative estimate of drug-likeness (QED) is 0.514. The van der Waals surface area contributed by atoms with Crippen molar-refractivity contribution in [3.63, 3.8) is 0 Å². The molecule has 1 N–H and O–H groups in total. The van der Waals surface area contributed by atoms with Gasteiger partial charge in [0.2, 0.25) is 0 Å². The molecule has 0 aliphatic carbocycles. The molecule has 0 radical (unpaired) electrons. The number of hydrogen-bond donors (Lipinski definition) is 1. The molecule has 3 aromatic rings. The average Bonchev–Trinajstić information content (AvgIpc) is 3.02. The summed E-state index contributed by atoms with van der Waals surface area (Å²) in [5, 5.41) is 6.55. The van der Waals surface area contributed by atoms with E-state index in [1.54, 1.807) is 31.4 Å². The average molecular weight is 485 g/mol. The number of nitrogens with zero attached hydrogens (tertiary/aromatic N) is 2. The van der Waals surface area contributed by atoms with Gasteiger partial charge < -0.3 is 5.32 Å². The summed E-state index contributed by atoms with van der Waals surface area (Å²) in [6, 6.07) is 8.61. The minimum atomic E-state index is -4.53. The number of benzene rings is 2. The first-order chi connectivity index (χ1) is 12.6. The van der Waals surface area contributed by atoms with Crippen LogP contribution in [0.3, 0.4) is 0 Å². The van der Waals surface area contributed by atoms with Crippen LogP contribution in [0, 0.1) is 10.5 Å². The number of halogens is 4. The molecule has 0 saturated heterocycles. The van der Waals surface area contributed by atoms with Gasteiger partial charge in [-0.2, -0.15) is 18.3 Å². The molecule has 2 aromatic carbocycles. The number of rotatable bonds is 3. The van der Waals surface area contributed by atoms with Gasteiger partial charge in [-0.15, -0.1) is 0 Å². The van der Waals surface area contributed by atoms with E-state index in [0.29, 0.717) is 16.7 Å². The second-order valence-corrected chi connectivity index (χ2v) is 7.28. The number of nitrogens with one attached hydrogen (secondary N) is 1. The predicted octanol–water partition coefficient (Wildman–Crippen LogP) is 5.27. The van der Waals surface area contributed by atoms with E-state index in [-0.39, 0.29) is 5.69 Å². The van der Waals surface area contributed by atoms with Crippen LogP contribution in [0.5, 0.6) is 0 Å². The number of amides is 1. The Morgan fingerprint density at radius 2 is 1.89 bits per heavy atom. The number of alkyl halides is 3. The van der Waals surface area contributed by atoms with E-state index >= 15 is 0 Å². The van der Waals surface area contributed by atoms with Crippen LogP contribution in [0.1, 0.15) is 21.5 Å². The van der Waals surface area contributed by atoms with Crippen LogP contribution in [-0.4, -0.2) is 15.7 Å². The van der Waals surface area contributed by atoms with Crippen molar-refractivity contribution in [3.05, 3.63) is 69.1 Å². The minimum absolute atomic E-state index is 0.0734. The predicted molar refractivity (Wildman–Crippen MR) is 105 cm³/mol. The van der Waals surface area contributed by atoms with E-state index in [4.69, 9.17) is 0 Å². The first-order valence-electron chi connectivity index (χ1n) is 7.92. The van der Waals surface area contributed by atoms with E-state index in [2.05, 4.69) is 33.0 Å². The lowest BCUT2D eigenvalue weighted by atomic mass is 10.0. The second-order valence-electron chi connectivity index (χ2n) is 6.12. The number of carbonyl (C=O) groups excluding carboxylic acids is 1. The summed E-state index contributed by atoms with van der Waals surface area (Å²) in [6.07, 6.45) is -1.44. The minimum Gasteiger partial charge on any atom is -0.322 e. The van der Waals surface area contributed by atoms with E-state index in [1.165, 1.54) is 16.9 Å². The first kappa shape index (κ1) is 19.4. The number of carbonyl (C=O) groups is 1. The summed E-state index contributed by atoms with van der Waals surface area (Å²) in [6.45, 7) is 1.91. The highest BCUT2D eigenvalue weighted by Gasteiger charge is 2.31. The maximum Gasteiger partial charge on any atom is 0.416 e. The van der Waals surface area contributed by atoms with Crippen molar-refractivity contribution in [2.24, 2.45) is 7.05 Å². The molecule has 140 valence electrons. The zero-order valence-corrected chi connectivity index (χ0v) is 16.6. The van der Waals surface area contributed by atoms with Crippen LogP contribution >= 0.6 is 22.6 Å². The Hall–Kier alpha value is -2.36. The van der Waals surface area contributed by atoms with Gasteiger partial charge >= 0.3 is 6.18 Å². The third-order valence-corrected chi connectivity index (χ3v) is 5.15. The number of hydrogen-bond acceptors (Lipinski definition) is 2. The van der Waals surface area contributed by atoms with Crippen molar-refractivity contribution in [2.45, 2.75) is 13.1 Å². The van der Waals surface area contributed by atoms with E-state index in [0.717, 1.165) is 21.3 Å². The van der Waals surface area contributed by atoms with Gasteiger partial charge in [-0.25, -0.2) is 0 Å². The van der Waals surface area contributed by atoms with Gasteiger partial charge in [-0.1, -0.05) is 6.07 Å². The van der Waals surface area contributed by atoms with Gasteiger partial charge in [0.25, 0.3) is 5.91 Å². The number of aromatic nitrogens is 2. The molecule has 0 fully saturated rings. The Bertz CT molecular complexity index is 1010. The molecule has 3 rings (SSSR count). The standard InChI is InChI=1S/C19H15F3IN3O/c1-11-3-4-12(7-17(11)23)18(27)25-16-6-13(14-9-24-26(2)10-14)5-15(8-16)19(20,21)22/h3-10H,1-2H3,(H,25,27). The van der Waals surface area contributed by atoms with Crippen molar-refractivity contribution in [2.75, 3.05) is 5.32 Å². The molecule has 0 bridgehead atoms. The molecule has 1 aromatic heterocycles. The third-order valence-electron chi connectivity index (χ3n) is 3.99. The third kappa shape index (κ3) is 4.49. The molecule has 0 aliphatic heterocycles. The number of aryl methyl sites for hydroxylation is 2. The van der Waals surface area contributed by atoms with Crippen molar-refractivity contribution in [1.29, 1.82) is 0 Å². The second kappa shape index (κ2) is 7.34. The molecular weight excluding hydrogens is 470 g/mol. The molecule has 0 atom stereocenters. The Labute approximate surface area is 167 Å². The Kier molecular flexibility index (Phi) is 5.27. The Morgan fingerprint density at radius 3 is 2.48 bits per heavy atom. The van der Waals surface area contributed by atoms with Crippen LogP contribution in [0.25, 0.3) is 11.1 Å². The van der Waals surface area contributed by atoms with Gasteiger partial charge in [0, 0.05) is 33.6 Å². The smallest absolute Gasteiger partial charge is 0.322 e. The summed E-state index contributed by atoms with van der Waals surface area (Å²) in [7, 11) is 1.68. The first-order valence-corrected chi connectivity index (χ1v) is 9.00. The van der Waals surface area contributed by atoms with Gasteiger partial charge in [0.1, 0.15) is 0 Å². The lowest BCUT2D eigenvalue weighted by Crippen LogP contribution is -2.14. The highest BCUT2D eigenvalue weighted by Crippen LogP contribution is 2.35. The summed E-state index contributed by atoms with van der Waals surface area (Å²) in [5.74, 6) is -0.468. The lowest BCUT2D eigenvalue weighted by molar-refractivity contribution is -0.137. The van der Waals surface area contributed by atoms with Crippen LogP contribution in [0.15, 0.2) is 48.8 Å². The monoisotopic (exact) mass is 485 g/mol. The normalized spacial score (nSPS) is 11.5. The summed E-state index contributed by atoms with van der Waals surface area (Å²) in [4.78, 5) is 12.5. The zero-order valence-electron chi connectivity index (χ0n) is 14.4. The molecule has 0 saturated carbocycles. The zero-order chi connectivity index (χ0) is 19.8. The molecule has 1 amide bonds. The highest BCUT2D eigenvalue weighted by atomic mass is 127. The molecular formula is C19H15F3IN3O. The van der Waals surface area contributed by atoms with Crippen molar-refractivity contribution < 1.29 is 18.0 Å². The molecule has 27 heavy (non-hydrogen) atoms. The fourth-order valence-corrected chi connectivity index (χ4v) is 3.05. The van der Waals surface area contributed by atoms with Gasteiger partial charge in [0.05, 0.1) is 11.8 Å². The molecule has 8 heteroatoms. The van der Waals surface area contributed by atoms with Crippen molar-refractivity contribution >= 4 is 34.2 Å². The lowest BCUT2D eigenvalue weighted by Gasteiger charge is -2.13. The van der Waals surface area contributed by atoms with Gasteiger partial charge in [-0.05, 0) is 71.0 Å². The van der Waals surface area contributed by atoms with E-state index < -0.39 is 17.6 Å². The van der Waals surface area contributed by atoms with Gasteiger partial charge in [0.15, 0.2) is 0 Å². The Balaban J connectivity index is 1.98. The summed E-state index contributed by atoms with van der Waals surface area (Å²) in [5.41, 5.74) is 1.49. The Morgan fingerprint density at radius 1 is 1.15 bits per heavy atom. The SMILES string of the molecule is Cc1ccc(C(=O)Nc2cc(-c3cnn(C)c3)cc(C(F)(F)F)c2)cc1I. The number of anilines is 1. The van der Waals surface area contributed by atoms with Crippen LogP contribution < -0.4 is 5.32 Å². The van der Waals surface area contributed by atoms with Crippen LogP contribution in [0.4, 0.5) is 18.9 Å². The van der Waals surface area contributed by atoms with Gasteiger partial charge in [-0.3, -0.25) is 9.48 Å². The molecule has 0 unspecified atom stereocenters. The van der Waals surface area contributed by atoms with Crippen molar-refractivity contribution in [1.82, 2.24) is 9.78 Å². The fraction of sp³-hybridized carbons (Fsp3) is 0.158. The maximum absolute atomic E-state index is 13.3. The topological polar surface area (TPSA) is 46.9 Å². The van der Waals surface area contributed by atoms with Crippen molar-refractivity contribution in [3.8, 4) is 11.1 Å². The molecule has 4 nitrogen and oxygen atoms in total. The molecule has 1 heterocycles. The summed E-state index contributed by atoms with van der Waals surface area (Å²) < 4.78 is 42.3. The van der Waals surface area contributed by atoms with E-state index in [1.807, 2.05) is 6.92 Å².